The average molecular weight is 147 g/mol. The van der Waals surface area contributed by atoms with Crippen LogP contribution >= 0.6 is 0 Å². The largest absolute Gasteiger partial charge is 0.383 e. The lowest BCUT2D eigenvalue weighted by atomic mass is 9.98. The Morgan fingerprint density at radius 3 is 1.80 bits per heavy atom. The molecule has 1 fully saturated rings. The minimum Gasteiger partial charge on any atom is -0.383 e. The topological polar surface area (TPSA) is 86.7 Å². The summed E-state index contributed by atoms with van der Waals surface area (Å²) in [4.78, 5) is 0. The van der Waals surface area contributed by atoms with E-state index in [1.54, 1.807) is 0 Å². The number of rotatable bonds is 1. The van der Waals surface area contributed by atoms with Crippen LogP contribution in [0.4, 0.5) is 0 Å². The Hall–Kier alpha value is -0.160. The van der Waals surface area contributed by atoms with Gasteiger partial charge in [0.2, 0.25) is 5.91 Å². The van der Waals surface area contributed by atoms with Gasteiger partial charge in [0, 0.05) is 0 Å². The van der Waals surface area contributed by atoms with Crippen LogP contribution in [0.25, 0.3) is 0 Å². The fourth-order valence-corrected chi connectivity index (χ4v) is 1.33. The van der Waals surface area contributed by atoms with Gasteiger partial charge in [-0.3, -0.25) is 5.73 Å². The van der Waals surface area contributed by atoms with Crippen LogP contribution in [0.15, 0.2) is 0 Å². The average Bonchev–Trinajstić information content (AvgIpc) is 2.13. The summed E-state index contributed by atoms with van der Waals surface area (Å²) in [5.41, 5.74) is 3.46. The standard InChI is InChI=1S/C6H13NO3/c7-6(9,10)5(8)3-1-2-4-5/h8-10H,1-4,7H2. The third-order valence-corrected chi connectivity index (χ3v) is 2.12. The zero-order chi connectivity index (χ0) is 7.83. The van der Waals surface area contributed by atoms with Gasteiger partial charge >= 0.3 is 0 Å². The number of nitrogens with two attached hydrogens (primary N) is 1. The first-order valence-corrected chi connectivity index (χ1v) is 3.42. The summed E-state index contributed by atoms with van der Waals surface area (Å²) in [6.07, 6.45) is 2.35. The molecular formula is C6H13NO3. The molecule has 0 spiro atoms. The molecule has 1 aliphatic rings. The molecule has 0 aliphatic heterocycles. The quantitative estimate of drug-likeness (QED) is 0.354. The highest BCUT2D eigenvalue weighted by Crippen LogP contribution is 2.34. The van der Waals surface area contributed by atoms with Gasteiger partial charge in [0.1, 0.15) is 5.60 Å². The second-order valence-electron chi connectivity index (χ2n) is 2.96. The monoisotopic (exact) mass is 147 g/mol. The van der Waals surface area contributed by atoms with E-state index in [4.69, 9.17) is 15.9 Å². The second kappa shape index (κ2) is 2.17. The Morgan fingerprint density at radius 2 is 1.60 bits per heavy atom. The smallest absolute Gasteiger partial charge is 0.250 e. The van der Waals surface area contributed by atoms with Crippen LogP contribution in [0.1, 0.15) is 25.7 Å². The Bertz CT molecular complexity index is 123. The predicted molar refractivity (Wildman–Crippen MR) is 34.8 cm³/mol. The fraction of sp³-hybridized carbons (Fsp3) is 1.00. The van der Waals surface area contributed by atoms with Crippen molar-refractivity contribution in [2.75, 3.05) is 0 Å². The molecule has 0 atom stereocenters. The van der Waals surface area contributed by atoms with E-state index in [1.165, 1.54) is 0 Å². The summed E-state index contributed by atoms with van der Waals surface area (Å²) in [5, 5.41) is 27.1. The molecular weight excluding hydrogens is 134 g/mol. The van der Waals surface area contributed by atoms with Crippen LogP contribution in [-0.2, 0) is 0 Å². The molecule has 0 heterocycles. The van der Waals surface area contributed by atoms with Crippen LogP contribution in [0.5, 0.6) is 0 Å². The van der Waals surface area contributed by atoms with Crippen LogP contribution in [0, 0.1) is 0 Å². The molecule has 0 amide bonds. The fourth-order valence-electron chi connectivity index (χ4n) is 1.33. The molecule has 1 rings (SSSR count). The highest BCUT2D eigenvalue weighted by atomic mass is 16.5. The van der Waals surface area contributed by atoms with E-state index in [2.05, 4.69) is 0 Å². The maximum Gasteiger partial charge on any atom is 0.250 e. The minimum absolute atomic E-state index is 0.372. The second-order valence-corrected chi connectivity index (χ2v) is 2.96. The molecule has 4 heteroatoms. The molecule has 1 aliphatic carbocycles. The molecule has 0 aromatic heterocycles. The maximum absolute atomic E-state index is 9.40. The van der Waals surface area contributed by atoms with Crippen LogP contribution in [-0.4, -0.2) is 26.8 Å². The van der Waals surface area contributed by atoms with Gasteiger partial charge in [-0.05, 0) is 12.8 Å². The number of hydrogen-bond acceptors (Lipinski definition) is 4. The summed E-state index contributed by atoms with van der Waals surface area (Å²) < 4.78 is 0. The van der Waals surface area contributed by atoms with Crippen molar-refractivity contribution in [3.63, 3.8) is 0 Å². The van der Waals surface area contributed by atoms with Crippen molar-refractivity contribution in [2.45, 2.75) is 37.2 Å². The lowest BCUT2D eigenvalue weighted by molar-refractivity contribution is -0.268. The predicted octanol–water partition coefficient (Wildman–Crippen LogP) is -1.11. The number of hydrogen-bond donors (Lipinski definition) is 4. The first-order chi connectivity index (χ1) is 4.46. The van der Waals surface area contributed by atoms with Crippen LogP contribution < -0.4 is 5.73 Å². The van der Waals surface area contributed by atoms with Gasteiger partial charge in [-0.15, -0.1) is 0 Å². The van der Waals surface area contributed by atoms with Crippen molar-refractivity contribution in [1.29, 1.82) is 0 Å². The Kier molecular flexibility index (Phi) is 1.72. The van der Waals surface area contributed by atoms with Gasteiger partial charge in [-0.2, -0.15) is 0 Å². The van der Waals surface area contributed by atoms with Crippen molar-refractivity contribution in [3.05, 3.63) is 0 Å². The summed E-state index contributed by atoms with van der Waals surface area (Å²) >= 11 is 0. The van der Waals surface area contributed by atoms with Crippen LogP contribution in [0.2, 0.25) is 0 Å². The van der Waals surface area contributed by atoms with Crippen molar-refractivity contribution in [3.8, 4) is 0 Å². The first-order valence-electron chi connectivity index (χ1n) is 3.42. The molecule has 1 saturated carbocycles. The van der Waals surface area contributed by atoms with Gasteiger partial charge < -0.3 is 15.3 Å². The third kappa shape index (κ3) is 1.15. The van der Waals surface area contributed by atoms with E-state index in [-0.39, 0.29) is 0 Å². The zero-order valence-corrected chi connectivity index (χ0v) is 5.75. The van der Waals surface area contributed by atoms with Gasteiger partial charge in [-0.1, -0.05) is 12.8 Å². The van der Waals surface area contributed by atoms with E-state index in [1.807, 2.05) is 0 Å². The first kappa shape index (κ1) is 7.94. The van der Waals surface area contributed by atoms with Crippen molar-refractivity contribution < 1.29 is 15.3 Å². The van der Waals surface area contributed by atoms with Gasteiger partial charge in [0.15, 0.2) is 0 Å². The molecule has 0 aromatic rings. The molecule has 0 radical (unpaired) electrons. The SMILES string of the molecule is NC(O)(O)C1(O)CCCC1. The Balaban J connectivity index is 2.67. The van der Waals surface area contributed by atoms with Crippen molar-refractivity contribution in [2.24, 2.45) is 5.73 Å². The van der Waals surface area contributed by atoms with E-state index < -0.39 is 11.5 Å². The molecule has 60 valence electrons. The van der Waals surface area contributed by atoms with E-state index in [9.17, 15) is 5.11 Å². The highest BCUT2D eigenvalue weighted by Gasteiger charge is 2.47. The Morgan fingerprint density at radius 1 is 1.20 bits per heavy atom. The molecule has 4 nitrogen and oxygen atoms in total. The van der Waals surface area contributed by atoms with Crippen molar-refractivity contribution >= 4 is 0 Å². The number of aliphatic hydroxyl groups is 3. The van der Waals surface area contributed by atoms with Gasteiger partial charge in [-0.25, -0.2) is 0 Å². The van der Waals surface area contributed by atoms with E-state index in [0.29, 0.717) is 12.8 Å². The lowest BCUT2D eigenvalue weighted by Gasteiger charge is -2.32. The minimum atomic E-state index is -2.43. The highest BCUT2D eigenvalue weighted by molar-refractivity contribution is 4.92. The molecule has 0 unspecified atom stereocenters. The summed E-state index contributed by atoms with van der Waals surface area (Å²) in [6, 6.07) is 0. The molecule has 0 saturated heterocycles. The summed E-state index contributed by atoms with van der Waals surface area (Å²) in [7, 11) is 0. The van der Waals surface area contributed by atoms with Gasteiger partial charge in [0.05, 0.1) is 0 Å². The third-order valence-electron chi connectivity index (χ3n) is 2.12. The molecule has 10 heavy (non-hydrogen) atoms. The normalized spacial score (nSPS) is 25.2. The van der Waals surface area contributed by atoms with Gasteiger partial charge in [0.25, 0.3) is 0 Å². The van der Waals surface area contributed by atoms with E-state index >= 15 is 0 Å². The maximum atomic E-state index is 9.40. The summed E-state index contributed by atoms with van der Waals surface area (Å²) in [6.45, 7) is 0. The molecule has 0 bridgehead atoms. The van der Waals surface area contributed by atoms with E-state index in [0.717, 1.165) is 12.8 Å². The van der Waals surface area contributed by atoms with Crippen LogP contribution in [0.3, 0.4) is 0 Å². The Labute approximate surface area is 59.3 Å². The molecule has 5 N–H and O–H groups in total. The lowest BCUT2D eigenvalue weighted by Crippen LogP contribution is -2.59. The summed E-state index contributed by atoms with van der Waals surface area (Å²) in [5.74, 6) is -2.43. The van der Waals surface area contributed by atoms with Crippen molar-refractivity contribution in [1.82, 2.24) is 0 Å². The molecule has 0 aromatic carbocycles. The zero-order valence-electron chi connectivity index (χ0n) is 5.75.